The zero-order valence-corrected chi connectivity index (χ0v) is 9.14. The van der Waals surface area contributed by atoms with Crippen molar-refractivity contribution in [2.24, 2.45) is 0 Å². The Hall–Kier alpha value is -0.570. The molecular formula is C10H10Cl2O2. The van der Waals surface area contributed by atoms with Gasteiger partial charge in [0, 0.05) is 6.42 Å². The number of carbonyl (C=O) groups excluding carboxylic acids is 1. The number of hydrogen-bond donors (Lipinski definition) is 1. The van der Waals surface area contributed by atoms with Crippen molar-refractivity contribution < 1.29 is 9.90 Å². The van der Waals surface area contributed by atoms with E-state index in [0.717, 1.165) is 5.56 Å². The lowest BCUT2D eigenvalue weighted by Gasteiger charge is -2.04. The van der Waals surface area contributed by atoms with Crippen LogP contribution in [-0.2, 0) is 11.2 Å². The zero-order chi connectivity index (χ0) is 10.7. The molecule has 1 N–H and O–H groups in total. The predicted molar refractivity (Wildman–Crippen MR) is 56.9 cm³/mol. The second kappa shape index (κ2) is 4.78. The first-order valence-corrected chi connectivity index (χ1v) is 4.91. The van der Waals surface area contributed by atoms with Gasteiger partial charge in [-0.2, -0.15) is 0 Å². The van der Waals surface area contributed by atoms with Crippen molar-refractivity contribution in [3.8, 4) is 0 Å². The minimum Gasteiger partial charge on any atom is -0.386 e. The zero-order valence-electron chi connectivity index (χ0n) is 7.63. The van der Waals surface area contributed by atoms with Gasteiger partial charge in [-0.15, -0.1) is 0 Å². The third kappa shape index (κ3) is 2.98. The number of aliphatic hydroxyl groups is 1. The Morgan fingerprint density at radius 1 is 1.43 bits per heavy atom. The second-order valence-electron chi connectivity index (χ2n) is 3.07. The number of Topliss-reactive ketones (excluding diaryl/α,β-unsaturated/α-hetero) is 1. The Bertz CT molecular complexity index is 348. The number of rotatable bonds is 3. The number of benzene rings is 1. The molecule has 0 aliphatic heterocycles. The fourth-order valence-corrected chi connectivity index (χ4v) is 1.32. The van der Waals surface area contributed by atoms with Crippen LogP contribution in [0.2, 0.25) is 10.0 Å². The van der Waals surface area contributed by atoms with Crippen molar-refractivity contribution >= 4 is 29.0 Å². The van der Waals surface area contributed by atoms with Crippen molar-refractivity contribution in [2.75, 3.05) is 0 Å². The van der Waals surface area contributed by atoms with Gasteiger partial charge in [0.05, 0.1) is 10.0 Å². The summed E-state index contributed by atoms with van der Waals surface area (Å²) in [5, 5.41) is 9.87. The quantitative estimate of drug-likeness (QED) is 0.870. The summed E-state index contributed by atoms with van der Waals surface area (Å²) in [6.07, 6.45) is -0.765. The average Bonchev–Trinajstić information content (AvgIpc) is 2.11. The molecule has 4 heteroatoms. The summed E-state index contributed by atoms with van der Waals surface area (Å²) < 4.78 is 0. The van der Waals surface area contributed by atoms with Gasteiger partial charge in [-0.3, -0.25) is 4.79 Å². The molecule has 0 radical (unpaired) electrons. The van der Waals surface area contributed by atoms with E-state index in [2.05, 4.69) is 0 Å². The van der Waals surface area contributed by atoms with Crippen LogP contribution < -0.4 is 0 Å². The van der Waals surface area contributed by atoms with Crippen LogP contribution in [0.5, 0.6) is 0 Å². The van der Waals surface area contributed by atoms with E-state index >= 15 is 0 Å². The maximum atomic E-state index is 11.2. The van der Waals surface area contributed by atoms with Crippen LogP contribution >= 0.6 is 23.2 Å². The Morgan fingerprint density at radius 3 is 2.57 bits per heavy atom. The molecule has 0 saturated carbocycles. The van der Waals surface area contributed by atoms with Gasteiger partial charge >= 0.3 is 0 Å². The molecule has 1 aromatic rings. The molecule has 0 amide bonds. The summed E-state index contributed by atoms with van der Waals surface area (Å²) in [7, 11) is 0. The summed E-state index contributed by atoms with van der Waals surface area (Å²) in [5.41, 5.74) is 0.755. The molecule has 0 bridgehead atoms. The summed E-state index contributed by atoms with van der Waals surface area (Å²) in [6.45, 7) is 1.44. The molecule has 1 unspecified atom stereocenters. The van der Waals surface area contributed by atoms with Crippen LogP contribution in [0.3, 0.4) is 0 Å². The summed E-state index contributed by atoms with van der Waals surface area (Å²) in [5.74, 6) is -0.233. The maximum absolute atomic E-state index is 11.2. The molecule has 0 aromatic heterocycles. The lowest BCUT2D eigenvalue weighted by molar-refractivity contribution is -0.125. The van der Waals surface area contributed by atoms with Gasteiger partial charge in [0.1, 0.15) is 6.10 Å². The molecule has 14 heavy (non-hydrogen) atoms. The molecule has 2 nitrogen and oxygen atoms in total. The molecule has 0 heterocycles. The van der Waals surface area contributed by atoms with E-state index in [-0.39, 0.29) is 12.2 Å². The van der Waals surface area contributed by atoms with Gasteiger partial charge in [0.2, 0.25) is 0 Å². The van der Waals surface area contributed by atoms with Crippen molar-refractivity contribution in [2.45, 2.75) is 19.4 Å². The number of ketones is 1. The lowest BCUT2D eigenvalue weighted by Crippen LogP contribution is -2.18. The summed E-state index contributed by atoms with van der Waals surface area (Å²) in [6, 6.07) is 4.98. The standard InChI is InChI=1S/C10H10Cl2O2/c1-6(13)10(14)5-7-2-3-8(11)9(12)4-7/h2-4,6,13H,5H2,1H3. The second-order valence-corrected chi connectivity index (χ2v) is 3.88. The summed E-state index contributed by atoms with van der Waals surface area (Å²) in [4.78, 5) is 11.2. The van der Waals surface area contributed by atoms with Crippen molar-refractivity contribution in [3.05, 3.63) is 33.8 Å². The van der Waals surface area contributed by atoms with Crippen molar-refractivity contribution in [1.82, 2.24) is 0 Å². The number of halogens is 2. The van der Waals surface area contributed by atoms with Crippen LogP contribution in [0.4, 0.5) is 0 Å². The van der Waals surface area contributed by atoms with E-state index in [1.807, 2.05) is 0 Å². The predicted octanol–water partition coefficient (Wildman–Crippen LogP) is 2.49. The van der Waals surface area contributed by atoms with Crippen LogP contribution in [0.1, 0.15) is 12.5 Å². The molecule has 0 saturated heterocycles. The van der Waals surface area contributed by atoms with Crippen LogP contribution in [-0.4, -0.2) is 17.0 Å². The maximum Gasteiger partial charge on any atom is 0.165 e. The molecule has 76 valence electrons. The van der Waals surface area contributed by atoms with Gasteiger partial charge in [0.25, 0.3) is 0 Å². The first kappa shape index (κ1) is 11.5. The monoisotopic (exact) mass is 232 g/mol. The van der Waals surface area contributed by atoms with E-state index in [0.29, 0.717) is 10.0 Å². The van der Waals surface area contributed by atoms with E-state index in [4.69, 9.17) is 28.3 Å². The molecule has 0 spiro atoms. The topological polar surface area (TPSA) is 37.3 Å². The fraction of sp³-hybridized carbons (Fsp3) is 0.300. The van der Waals surface area contributed by atoms with Crippen LogP contribution in [0.25, 0.3) is 0 Å². The van der Waals surface area contributed by atoms with E-state index in [9.17, 15) is 4.79 Å². The Labute approximate surface area is 92.5 Å². The first-order valence-electron chi connectivity index (χ1n) is 4.15. The van der Waals surface area contributed by atoms with Gasteiger partial charge in [-0.25, -0.2) is 0 Å². The third-order valence-electron chi connectivity index (χ3n) is 1.83. The lowest BCUT2D eigenvalue weighted by atomic mass is 10.1. The Balaban J connectivity index is 2.78. The molecule has 0 aliphatic carbocycles. The fourth-order valence-electron chi connectivity index (χ4n) is 0.998. The van der Waals surface area contributed by atoms with E-state index in [1.165, 1.54) is 6.92 Å². The van der Waals surface area contributed by atoms with Crippen molar-refractivity contribution in [1.29, 1.82) is 0 Å². The highest BCUT2D eigenvalue weighted by molar-refractivity contribution is 6.42. The van der Waals surface area contributed by atoms with Gasteiger partial charge in [0.15, 0.2) is 5.78 Å². The number of carbonyl (C=O) groups is 1. The Morgan fingerprint density at radius 2 is 2.07 bits per heavy atom. The molecule has 1 atom stereocenters. The minimum absolute atomic E-state index is 0.175. The van der Waals surface area contributed by atoms with Gasteiger partial charge in [-0.05, 0) is 24.6 Å². The number of hydrogen-bond acceptors (Lipinski definition) is 2. The molecule has 0 fully saturated rings. The SMILES string of the molecule is CC(O)C(=O)Cc1ccc(Cl)c(Cl)c1. The van der Waals surface area contributed by atoms with Gasteiger partial charge in [-0.1, -0.05) is 29.3 Å². The highest BCUT2D eigenvalue weighted by Crippen LogP contribution is 2.22. The minimum atomic E-state index is -0.940. The third-order valence-corrected chi connectivity index (χ3v) is 2.57. The average molecular weight is 233 g/mol. The van der Waals surface area contributed by atoms with Gasteiger partial charge < -0.3 is 5.11 Å². The molecular weight excluding hydrogens is 223 g/mol. The molecule has 1 rings (SSSR count). The number of aliphatic hydroxyl groups excluding tert-OH is 1. The first-order chi connectivity index (χ1) is 6.50. The van der Waals surface area contributed by atoms with Crippen LogP contribution in [0, 0.1) is 0 Å². The van der Waals surface area contributed by atoms with E-state index < -0.39 is 6.10 Å². The molecule has 1 aromatic carbocycles. The highest BCUT2D eigenvalue weighted by atomic mass is 35.5. The largest absolute Gasteiger partial charge is 0.386 e. The Kier molecular flexibility index (Phi) is 3.93. The highest BCUT2D eigenvalue weighted by Gasteiger charge is 2.10. The van der Waals surface area contributed by atoms with Crippen molar-refractivity contribution in [3.63, 3.8) is 0 Å². The smallest absolute Gasteiger partial charge is 0.165 e. The molecule has 0 aliphatic rings. The normalized spacial score (nSPS) is 12.6. The summed E-state index contributed by atoms with van der Waals surface area (Å²) >= 11 is 11.5. The van der Waals surface area contributed by atoms with Crippen LogP contribution in [0.15, 0.2) is 18.2 Å². The van der Waals surface area contributed by atoms with E-state index in [1.54, 1.807) is 18.2 Å².